The molecule has 1 aliphatic rings. The summed E-state index contributed by atoms with van der Waals surface area (Å²) in [5.74, 6) is -1.33. The summed E-state index contributed by atoms with van der Waals surface area (Å²) in [6, 6.07) is 0. The van der Waals surface area contributed by atoms with E-state index in [-0.39, 0.29) is 13.1 Å². The van der Waals surface area contributed by atoms with E-state index in [1.807, 2.05) is 0 Å². The van der Waals surface area contributed by atoms with Crippen LogP contribution in [-0.4, -0.2) is 34.6 Å². The summed E-state index contributed by atoms with van der Waals surface area (Å²) < 4.78 is 13.0. The third-order valence-electron chi connectivity index (χ3n) is 1.98. The predicted octanol–water partition coefficient (Wildman–Crippen LogP) is 0.843. The molecule has 0 unspecified atom stereocenters. The number of carbonyl (C=O) groups is 1. The van der Waals surface area contributed by atoms with Gasteiger partial charge in [-0.3, -0.25) is 4.79 Å². The first-order valence-corrected chi connectivity index (χ1v) is 4.18. The van der Waals surface area contributed by atoms with Crippen molar-refractivity contribution in [1.29, 1.82) is 0 Å². The number of amides is 1. The molecule has 0 atom stereocenters. The fraction of sp³-hybridized carbons (Fsp3) is 0.667. The summed E-state index contributed by atoms with van der Waals surface area (Å²) in [4.78, 5) is 12.5. The quantitative estimate of drug-likeness (QED) is 0.618. The summed E-state index contributed by atoms with van der Waals surface area (Å²) in [6.07, 6.45) is 0. The maximum Gasteiger partial charge on any atom is 0.282 e. The first kappa shape index (κ1) is 10.2. The Hall–Kier alpha value is -0.900. The van der Waals surface area contributed by atoms with Crippen LogP contribution in [0.1, 0.15) is 20.8 Å². The molecule has 1 heterocycles. The number of halogens is 1. The molecule has 74 valence electrons. The molecule has 0 aromatic heterocycles. The van der Waals surface area contributed by atoms with Gasteiger partial charge in [-0.25, -0.2) is 4.39 Å². The van der Waals surface area contributed by atoms with Crippen LogP contribution in [0.3, 0.4) is 0 Å². The number of hydrogen-bond donors (Lipinski definition) is 1. The van der Waals surface area contributed by atoms with Gasteiger partial charge in [0.15, 0.2) is 5.83 Å². The van der Waals surface area contributed by atoms with Crippen LogP contribution in [0.25, 0.3) is 0 Å². The number of β-amino-alcohol motifs (C(OH)–C–C–N with tert-alkyl or cyclic N) is 1. The van der Waals surface area contributed by atoms with Crippen molar-refractivity contribution < 1.29 is 14.3 Å². The van der Waals surface area contributed by atoms with E-state index in [0.29, 0.717) is 5.57 Å². The van der Waals surface area contributed by atoms with Gasteiger partial charge in [-0.15, -0.1) is 0 Å². The van der Waals surface area contributed by atoms with Crippen molar-refractivity contribution in [2.45, 2.75) is 26.4 Å². The van der Waals surface area contributed by atoms with E-state index in [9.17, 15) is 14.3 Å². The highest BCUT2D eigenvalue weighted by molar-refractivity contribution is 5.92. The monoisotopic (exact) mass is 187 g/mol. The molecule has 0 aromatic rings. The Morgan fingerprint density at radius 1 is 1.46 bits per heavy atom. The first-order chi connectivity index (χ1) is 5.83. The molecule has 0 saturated carbocycles. The lowest BCUT2D eigenvalue weighted by atomic mass is 9.96. The predicted molar refractivity (Wildman–Crippen MR) is 46.7 cm³/mol. The lowest BCUT2D eigenvalue weighted by Crippen LogP contribution is -2.61. The second kappa shape index (κ2) is 3.10. The lowest BCUT2D eigenvalue weighted by Gasteiger charge is -2.43. The number of rotatable bonds is 1. The van der Waals surface area contributed by atoms with Crippen molar-refractivity contribution >= 4 is 5.91 Å². The number of hydrogen-bond acceptors (Lipinski definition) is 2. The third-order valence-corrected chi connectivity index (χ3v) is 1.98. The summed E-state index contributed by atoms with van der Waals surface area (Å²) in [7, 11) is 0. The zero-order chi connectivity index (χ0) is 10.2. The van der Waals surface area contributed by atoms with E-state index >= 15 is 0 Å². The third kappa shape index (κ3) is 2.06. The second-order valence-electron chi connectivity index (χ2n) is 3.97. The van der Waals surface area contributed by atoms with Gasteiger partial charge in [-0.2, -0.15) is 0 Å². The molecule has 0 aliphatic carbocycles. The van der Waals surface area contributed by atoms with Crippen LogP contribution in [-0.2, 0) is 4.79 Å². The Morgan fingerprint density at radius 2 is 1.92 bits per heavy atom. The van der Waals surface area contributed by atoms with Crippen LogP contribution in [0.4, 0.5) is 4.39 Å². The topological polar surface area (TPSA) is 40.5 Å². The van der Waals surface area contributed by atoms with Crippen LogP contribution in [0.5, 0.6) is 0 Å². The lowest BCUT2D eigenvalue weighted by molar-refractivity contribution is -0.149. The largest absolute Gasteiger partial charge is 0.386 e. The molecule has 4 heteroatoms. The number of nitrogens with zero attached hydrogens (tertiary/aromatic N) is 1. The van der Waals surface area contributed by atoms with Crippen molar-refractivity contribution in [3.8, 4) is 0 Å². The highest BCUT2D eigenvalue weighted by Gasteiger charge is 2.40. The number of aliphatic hydroxyl groups is 1. The second-order valence-corrected chi connectivity index (χ2v) is 3.97. The summed E-state index contributed by atoms with van der Waals surface area (Å²) in [6.45, 7) is 5.15. The molecule has 0 aromatic carbocycles. The van der Waals surface area contributed by atoms with Gasteiger partial charge < -0.3 is 10.0 Å². The highest BCUT2D eigenvalue weighted by Crippen LogP contribution is 2.22. The average molecular weight is 187 g/mol. The molecule has 3 nitrogen and oxygen atoms in total. The molecule has 0 bridgehead atoms. The molecular formula is C9H14FNO2. The van der Waals surface area contributed by atoms with Gasteiger partial charge in [-0.05, 0) is 26.3 Å². The zero-order valence-corrected chi connectivity index (χ0v) is 8.09. The normalized spacial score (nSPS) is 19.3. The van der Waals surface area contributed by atoms with Crippen molar-refractivity contribution in [1.82, 2.24) is 4.90 Å². The van der Waals surface area contributed by atoms with Gasteiger partial charge in [-0.1, -0.05) is 0 Å². The molecule has 1 amide bonds. The molecule has 0 radical (unpaired) electrons. The number of likely N-dealkylation sites (tertiary alicyclic amines) is 1. The van der Waals surface area contributed by atoms with Crippen LogP contribution in [0.15, 0.2) is 11.4 Å². The van der Waals surface area contributed by atoms with Crippen LogP contribution >= 0.6 is 0 Å². The Labute approximate surface area is 76.8 Å². The fourth-order valence-corrected chi connectivity index (χ4v) is 1.27. The van der Waals surface area contributed by atoms with Crippen molar-refractivity contribution in [3.63, 3.8) is 0 Å². The van der Waals surface area contributed by atoms with Gasteiger partial charge in [0.25, 0.3) is 5.91 Å². The van der Waals surface area contributed by atoms with E-state index in [4.69, 9.17) is 0 Å². The minimum absolute atomic E-state index is 0.215. The van der Waals surface area contributed by atoms with Gasteiger partial charge in [0.05, 0.1) is 18.7 Å². The zero-order valence-electron chi connectivity index (χ0n) is 8.09. The fourth-order valence-electron chi connectivity index (χ4n) is 1.27. The van der Waals surface area contributed by atoms with Gasteiger partial charge in [0, 0.05) is 0 Å². The van der Waals surface area contributed by atoms with Crippen molar-refractivity contribution in [3.05, 3.63) is 11.4 Å². The standard InChI is InChI=1S/C9H14FNO2/c1-6(2)7(10)8(12)11-4-9(3,13)5-11/h13H,4-5H2,1-3H3. The Balaban J connectivity index is 2.59. The van der Waals surface area contributed by atoms with Crippen LogP contribution in [0.2, 0.25) is 0 Å². The SMILES string of the molecule is CC(C)=C(F)C(=O)N1CC(C)(O)C1. The minimum Gasteiger partial charge on any atom is -0.386 e. The Kier molecular flexibility index (Phi) is 2.43. The van der Waals surface area contributed by atoms with E-state index in [0.717, 1.165) is 0 Å². The summed E-state index contributed by atoms with van der Waals surface area (Å²) in [5, 5.41) is 9.32. The molecular weight excluding hydrogens is 173 g/mol. The average Bonchev–Trinajstić information content (AvgIpc) is 1.97. The molecule has 1 N–H and O–H groups in total. The summed E-state index contributed by atoms with van der Waals surface area (Å²) in [5.41, 5.74) is -0.464. The number of allylic oxidation sites excluding steroid dienone is 1. The molecule has 13 heavy (non-hydrogen) atoms. The van der Waals surface area contributed by atoms with E-state index in [1.54, 1.807) is 20.8 Å². The van der Waals surface area contributed by atoms with Gasteiger partial charge in [0.1, 0.15) is 0 Å². The van der Waals surface area contributed by atoms with E-state index in [1.165, 1.54) is 4.90 Å². The van der Waals surface area contributed by atoms with Gasteiger partial charge in [0.2, 0.25) is 0 Å². The molecule has 1 saturated heterocycles. The minimum atomic E-state index is -0.836. The molecule has 1 rings (SSSR count). The van der Waals surface area contributed by atoms with E-state index in [2.05, 4.69) is 0 Å². The first-order valence-electron chi connectivity index (χ1n) is 4.18. The Morgan fingerprint density at radius 3 is 2.23 bits per heavy atom. The van der Waals surface area contributed by atoms with Crippen molar-refractivity contribution in [2.24, 2.45) is 0 Å². The van der Waals surface area contributed by atoms with E-state index < -0.39 is 17.3 Å². The van der Waals surface area contributed by atoms with Crippen molar-refractivity contribution in [2.75, 3.05) is 13.1 Å². The van der Waals surface area contributed by atoms with Crippen LogP contribution < -0.4 is 0 Å². The van der Waals surface area contributed by atoms with Crippen LogP contribution in [0, 0.1) is 0 Å². The maximum absolute atomic E-state index is 13.0. The van der Waals surface area contributed by atoms with Gasteiger partial charge >= 0.3 is 0 Å². The number of carbonyl (C=O) groups excluding carboxylic acids is 1. The highest BCUT2D eigenvalue weighted by atomic mass is 19.1. The molecule has 1 fully saturated rings. The molecule has 0 spiro atoms. The summed E-state index contributed by atoms with van der Waals surface area (Å²) >= 11 is 0. The Bertz CT molecular complexity index is 259. The maximum atomic E-state index is 13.0. The smallest absolute Gasteiger partial charge is 0.282 e. The molecule has 1 aliphatic heterocycles.